The molecule has 1 aliphatic carbocycles. The van der Waals surface area contributed by atoms with Crippen molar-refractivity contribution in [2.45, 2.75) is 37.6 Å². The molecule has 3 unspecified atom stereocenters. The van der Waals surface area contributed by atoms with Crippen molar-refractivity contribution in [1.29, 1.82) is 0 Å². The van der Waals surface area contributed by atoms with Crippen LogP contribution in [0.3, 0.4) is 0 Å². The Morgan fingerprint density at radius 1 is 1.46 bits per heavy atom. The molecule has 3 nitrogen and oxygen atoms in total. The molecule has 3 N–H and O–H groups in total. The maximum absolute atomic E-state index is 12.7. The quantitative estimate of drug-likeness (QED) is 0.699. The number of carboxylic acids is 1. The summed E-state index contributed by atoms with van der Waals surface area (Å²) in [4.78, 5) is 10.3. The van der Waals surface area contributed by atoms with E-state index in [4.69, 9.17) is 10.8 Å². The van der Waals surface area contributed by atoms with Crippen LogP contribution in [0.2, 0.25) is 0 Å². The summed E-state index contributed by atoms with van der Waals surface area (Å²) in [5, 5.41) is 8.46. The van der Waals surface area contributed by atoms with Crippen LogP contribution in [0.25, 0.3) is 0 Å². The van der Waals surface area contributed by atoms with Crippen molar-refractivity contribution >= 4 is 5.97 Å². The standard InChI is InChI=1S/C8H13F2NO2/c9-5-1-4(2-6(5)10)3-7(11)8(12)13/h4-7H,1-3,11H2,(H,12,13). The van der Waals surface area contributed by atoms with E-state index in [2.05, 4.69) is 0 Å². The summed E-state index contributed by atoms with van der Waals surface area (Å²) in [5.41, 5.74) is 5.24. The molecule has 1 saturated carbocycles. The van der Waals surface area contributed by atoms with Gasteiger partial charge >= 0.3 is 5.97 Å². The van der Waals surface area contributed by atoms with Crippen LogP contribution in [0.4, 0.5) is 8.78 Å². The number of carboxylic acid groups (broad SMARTS) is 1. The number of alkyl halides is 2. The fourth-order valence-corrected chi connectivity index (χ4v) is 1.68. The van der Waals surface area contributed by atoms with Crippen molar-refractivity contribution in [2.75, 3.05) is 0 Å². The highest BCUT2D eigenvalue weighted by atomic mass is 19.2. The summed E-state index contributed by atoms with van der Waals surface area (Å²) in [6, 6.07) is -0.998. The number of halogens is 2. The van der Waals surface area contributed by atoms with Gasteiger partial charge in [0.05, 0.1) is 0 Å². The number of carbonyl (C=O) groups is 1. The predicted octanol–water partition coefficient (Wildman–Crippen LogP) is 0.875. The van der Waals surface area contributed by atoms with Crippen LogP contribution in [0.15, 0.2) is 0 Å². The highest BCUT2D eigenvalue weighted by molar-refractivity contribution is 5.73. The first-order chi connectivity index (χ1) is 6.00. The third kappa shape index (κ3) is 2.62. The van der Waals surface area contributed by atoms with E-state index in [0.717, 1.165) is 0 Å². The van der Waals surface area contributed by atoms with Crippen LogP contribution >= 0.6 is 0 Å². The fourth-order valence-electron chi connectivity index (χ4n) is 1.68. The van der Waals surface area contributed by atoms with Gasteiger partial charge < -0.3 is 10.8 Å². The molecule has 13 heavy (non-hydrogen) atoms. The summed E-state index contributed by atoms with van der Waals surface area (Å²) < 4.78 is 25.3. The van der Waals surface area contributed by atoms with E-state index in [1.54, 1.807) is 0 Å². The molecule has 0 aromatic heterocycles. The van der Waals surface area contributed by atoms with E-state index in [1.165, 1.54) is 0 Å². The second kappa shape index (κ2) is 4.00. The van der Waals surface area contributed by atoms with Crippen molar-refractivity contribution in [3.05, 3.63) is 0 Å². The lowest BCUT2D eigenvalue weighted by Gasteiger charge is -2.11. The number of aliphatic carboxylic acids is 1. The van der Waals surface area contributed by atoms with Gasteiger partial charge in [0.2, 0.25) is 0 Å². The van der Waals surface area contributed by atoms with Crippen LogP contribution in [0.1, 0.15) is 19.3 Å². The summed E-state index contributed by atoms with van der Waals surface area (Å²) in [6.07, 6.45) is -2.52. The Kier molecular flexibility index (Phi) is 3.19. The van der Waals surface area contributed by atoms with Crippen LogP contribution in [0.5, 0.6) is 0 Å². The van der Waals surface area contributed by atoms with Gasteiger partial charge in [-0.3, -0.25) is 4.79 Å². The molecule has 0 aliphatic heterocycles. The largest absolute Gasteiger partial charge is 0.480 e. The molecule has 1 aliphatic rings. The van der Waals surface area contributed by atoms with Crippen molar-refractivity contribution in [3.8, 4) is 0 Å². The lowest BCUT2D eigenvalue weighted by atomic mass is 9.99. The molecule has 1 rings (SSSR count). The molecule has 0 saturated heterocycles. The summed E-state index contributed by atoms with van der Waals surface area (Å²) in [5.74, 6) is -1.34. The van der Waals surface area contributed by atoms with Gasteiger partial charge in [0.1, 0.15) is 18.4 Å². The third-order valence-corrected chi connectivity index (χ3v) is 2.41. The summed E-state index contributed by atoms with van der Waals surface area (Å²) >= 11 is 0. The number of hydrogen-bond donors (Lipinski definition) is 2. The molecule has 5 heteroatoms. The first kappa shape index (κ1) is 10.4. The second-order valence-electron chi connectivity index (χ2n) is 3.55. The Bertz CT molecular complexity index is 191. The van der Waals surface area contributed by atoms with Crippen molar-refractivity contribution < 1.29 is 18.7 Å². The first-order valence-corrected chi connectivity index (χ1v) is 4.27. The molecule has 0 heterocycles. The van der Waals surface area contributed by atoms with Gasteiger partial charge in [0.25, 0.3) is 0 Å². The smallest absolute Gasteiger partial charge is 0.320 e. The van der Waals surface area contributed by atoms with E-state index in [-0.39, 0.29) is 25.2 Å². The van der Waals surface area contributed by atoms with Gasteiger partial charge in [0.15, 0.2) is 0 Å². The van der Waals surface area contributed by atoms with Gasteiger partial charge in [0, 0.05) is 0 Å². The topological polar surface area (TPSA) is 63.3 Å². The van der Waals surface area contributed by atoms with Gasteiger partial charge in [-0.25, -0.2) is 8.78 Å². The van der Waals surface area contributed by atoms with Crippen LogP contribution in [0, 0.1) is 5.92 Å². The Hall–Kier alpha value is -0.710. The van der Waals surface area contributed by atoms with E-state index >= 15 is 0 Å². The molecule has 76 valence electrons. The first-order valence-electron chi connectivity index (χ1n) is 4.27. The summed E-state index contributed by atoms with van der Waals surface area (Å²) in [6.45, 7) is 0. The minimum Gasteiger partial charge on any atom is -0.480 e. The molecular formula is C8H13F2NO2. The third-order valence-electron chi connectivity index (χ3n) is 2.41. The van der Waals surface area contributed by atoms with E-state index < -0.39 is 24.4 Å². The molecule has 3 atom stereocenters. The molecule has 1 fully saturated rings. The second-order valence-corrected chi connectivity index (χ2v) is 3.55. The van der Waals surface area contributed by atoms with Crippen molar-refractivity contribution in [2.24, 2.45) is 11.7 Å². The van der Waals surface area contributed by atoms with Gasteiger partial charge in [-0.15, -0.1) is 0 Å². The van der Waals surface area contributed by atoms with Gasteiger partial charge in [-0.2, -0.15) is 0 Å². The molecule has 0 amide bonds. The van der Waals surface area contributed by atoms with E-state index in [9.17, 15) is 13.6 Å². The molecular weight excluding hydrogens is 180 g/mol. The maximum Gasteiger partial charge on any atom is 0.320 e. The van der Waals surface area contributed by atoms with Gasteiger partial charge in [-0.05, 0) is 25.2 Å². The van der Waals surface area contributed by atoms with Crippen molar-refractivity contribution in [3.63, 3.8) is 0 Å². The summed E-state index contributed by atoms with van der Waals surface area (Å²) in [7, 11) is 0. The Balaban J connectivity index is 2.35. The molecule has 0 aromatic rings. The SMILES string of the molecule is NC(CC1CC(F)C(F)C1)C(=O)O. The zero-order valence-electron chi connectivity index (χ0n) is 7.12. The highest BCUT2D eigenvalue weighted by Crippen LogP contribution is 2.33. The predicted molar refractivity (Wildman–Crippen MR) is 42.7 cm³/mol. The van der Waals surface area contributed by atoms with Crippen LogP contribution < -0.4 is 5.73 Å². The Morgan fingerprint density at radius 3 is 2.31 bits per heavy atom. The van der Waals surface area contributed by atoms with Gasteiger partial charge in [-0.1, -0.05) is 0 Å². The Morgan fingerprint density at radius 2 is 1.92 bits per heavy atom. The number of hydrogen-bond acceptors (Lipinski definition) is 2. The normalized spacial score (nSPS) is 36.1. The lowest BCUT2D eigenvalue weighted by Crippen LogP contribution is -2.32. The minimum absolute atomic E-state index is 0.0994. The van der Waals surface area contributed by atoms with E-state index in [1.807, 2.05) is 0 Å². The monoisotopic (exact) mass is 193 g/mol. The molecule has 0 radical (unpaired) electrons. The fraction of sp³-hybridized carbons (Fsp3) is 0.875. The van der Waals surface area contributed by atoms with Crippen LogP contribution in [-0.4, -0.2) is 29.5 Å². The average molecular weight is 193 g/mol. The zero-order chi connectivity index (χ0) is 10.0. The lowest BCUT2D eigenvalue weighted by molar-refractivity contribution is -0.138. The number of rotatable bonds is 3. The molecule has 0 aromatic carbocycles. The average Bonchev–Trinajstić information content (AvgIpc) is 2.31. The highest BCUT2D eigenvalue weighted by Gasteiger charge is 2.35. The number of nitrogens with two attached hydrogens (primary N) is 1. The Labute approximate surface area is 74.9 Å². The van der Waals surface area contributed by atoms with E-state index in [0.29, 0.717) is 0 Å². The minimum atomic E-state index is -1.44. The zero-order valence-corrected chi connectivity index (χ0v) is 7.12. The molecule has 0 bridgehead atoms. The van der Waals surface area contributed by atoms with Crippen molar-refractivity contribution in [1.82, 2.24) is 0 Å². The van der Waals surface area contributed by atoms with Crippen LogP contribution in [-0.2, 0) is 4.79 Å². The maximum atomic E-state index is 12.7. The molecule has 0 spiro atoms.